The van der Waals surface area contributed by atoms with Gasteiger partial charge in [-0.2, -0.15) is 0 Å². The zero-order chi connectivity index (χ0) is 24.6. The van der Waals surface area contributed by atoms with Crippen LogP contribution in [0.1, 0.15) is 25.8 Å². The molecule has 0 saturated carbocycles. The van der Waals surface area contributed by atoms with Crippen molar-refractivity contribution in [1.29, 1.82) is 0 Å². The predicted molar refractivity (Wildman–Crippen MR) is 130 cm³/mol. The fourth-order valence-electron chi connectivity index (χ4n) is 3.38. The fourth-order valence-corrected chi connectivity index (χ4v) is 4.34. The number of hydrogen-bond donors (Lipinski definition) is 1. The van der Waals surface area contributed by atoms with Crippen LogP contribution < -0.4 is 14.4 Å². The van der Waals surface area contributed by atoms with E-state index in [1.807, 2.05) is 0 Å². The van der Waals surface area contributed by atoms with E-state index in [1.165, 1.54) is 12.0 Å². The Morgan fingerprint density at radius 1 is 1.12 bits per heavy atom. The van der Waals surface area contributed by atoms with E-state index in [-0.39, 0.29) is 12.5 Å². The first-order valence-corrected chi connectivity index (χ1v) is 12.8. The lowest BCUT2D eigenvalue weighted by Crippen LogP contribution is -2.52. The van der Waals surface area contributed by atoms with Crippen LogP contribution in [0.4, 0.5) is 5.69 Å². The zero-order valence-corrected chi connectivity index (χ0v) is 20.8. The molecule has 0 aliphatic heterocycles. The molecule has 0 aliphatic rings. The SMILES string of the molecule is CCNC(=O)[C@@H](CC)N(Cc1ccc(Cl)cc1)C(=O)CN(c1cccc(OC)c1)S(C)(=O)=O. The number of hydrogen-bond acceptors (Lipinski definition) is 5. The quantitative estimate of drug-likeness (QED) is 0.517. The van der Waals surface area contributed by atoms with E-state index in [0.717, 1.165) is 16.1 Å². The molecule has 8 nitrogen and oxygen atoms in total. The first-order chi connectivity index (χ1) is 15.6. The third kappa shape index (κ3) is 7.36. The maximum Gasteiger partial charge on any atom is 0.244 e. The highest BCUT2D eigenvalue weighted by atomic mass is 35.5. The summed E-state index contributed by atoms with van der Waals surface area (Å²) in [5.74, 6) is -0.341. The fraction of sp³-hybridized carbons (Fsp3) is 0.391. The van der Waals surface area contributed by atoms with Crippen LogP contribution in [0.2, 0.25) is 5.02 Å². The smallest absolute Gasteiger partial charge is 0.244 e. The van der Waals surface area contributed by atoms with Crippen LogP contribution in [0.15, 0.2) is 48.5 Å². The second-order valence-corrected chi connectivity index (χ2v) is 9.78. The van der Waals surface area contributed by atoms with Crippen LogP contribution in [0.5, 0.6) is 5.75 Å². The van der Waals surface area contributed by atoms with Crippen LogP contribution in [0.3, 0.4) is 0 Å². The number of benzene rings is 2. The number of likely N-dealkylation sites (N-methyl/N-ethyl adjacent to an activating group) is 1. The predicted octanol–water partition coefficient (Wildman–Crippen LogP) is 3.06. The van der Waals surface area contributed by atoms with Gasteiger partial charge in [0.2, 0.25) is 21.8 Å². The summed E-state index contributed by atoms with van der Waals surface area (Å²) in [5, 5.41) is 3.30. The van der Waals surface area contributed by atoms with Crippen molar-refractivity contribution in [2.45, 2.75) is 32.9 Å². The number of nitrogens with zero attached hydrogens (tertiary/aromatic N) is 2. The number of amides is 2. The summed E-state index contributed by atoms with van der Waals surface area (Å²) in [6.45, 7) is 3.68. The van der Waals surface area contributed by atoms with Gasteiger partial charge in [-0.25, -0.2) is 8.42 Å². The maximum absolute atomic E-state index is 13.5. The number of methoxy groups -OCH3 is 1. The number of halogens is 1. The number of sulfonamides is 1. The number of carbonyl (C=O) groups excluding carboxylic acids is 2. The first kappa shape index (κ1) is 26.5. The molecule has 0 fully saturated rings. The monoisotopic (exact) mass is 495 g/mol. The molecule has 0 saturated heterocycles. The third-order valence-electron chi connectivity index (χ3n) is 5.02. The zero-order valence-electron chi connectivity index (χ0n) is 19.2. The van der Waals surface area contributed by atoms with Crippen molar-refractivity contribution in [2.75, 3.05) is 30.8 Å². The molecule has 1 atom stereocenters. The molecule has 180 valence electrons. The molecule has 0 aromatic heterocycles. The van der Waals surface area contributed by atoms with Crippen molar-refractivity contribution in [2.24, 2.45) is 0 Å². The van der Waals surface area contributed by atoms with Crippen molar-refractivity contribution in [3.63, 3.8) is 0 Å². The van der Waals surface area contributed by atoms with Gasteiger partial charge >= 0.3 is 0 Å². The summed E-state index contributed by atoms with van der Waals surface area (Å²) in [7, 11) is -2.33. The van der Waals surface area contributed by atoms with Crippen molar-refractivity contribution in [3.05, 3.63) is 59.1 Å². The molecule has 1 N–H and O–H groups in total. The van der Waals surface area contributed by atoms with Gasteiger partial charge in [0, 0.05) is 24.2 Å². The van der Waals surface area contributed by atoms with E-state index in [9.17, 15) is 18.0 Å². The standard InChI is InChI=1S/C23H30ClN3O5S/c1-5-21(23(29)25-6-2)26(15-17-10-12-18(24)13-11-17)22(28)16-27(33(4,30)31)19-8-7-9-20(14-19)32-3/h7-14,21H,5-6,15-16H2,1-4H3,(H,25,29)/t21-/m1/s1. The number of nitrogens with one attached hydrogen (secondary N) is 1. The van der Waals surface area contributed by atoms with E-state index < -0.39 is 28.5 Å². The molecule has 2 amide bonds. The Labute approximate surface area is 200 Å². The largest absolute Gasteiger partial charge is 0.497 e. The Bertz CT molecular complexity index is 1060. The Morgan fingerprint density at radius 2 is 1.79 bits per heavy atom. The molecule has 2 aromatic rings. The Morgan fingerprint density at radius 3 is 2.33 bits per heavy atom. The number of anilines is 1. The van der Waals surface area contributed by atoms with Gasteiger partial charge in [-0.1, -0.05) is 36.7 Å². The summed E-state index contributed by atoms with van der Waals surface area (Å²) in [6.07, 6.45) is 1.40. The molecule has 0 aliphatic carbocycles. The van der Waals surface area contributed by atoms with Gasteiger partial charge in [0.05, 0.1) is 19.1 Å². The molecule has 0 spiro atoms. The molecule has 0 bridgehead atoms. The highest BCUT2D eigenvalue weighted by molar-refractivity contribution is 7.92. The molecule has 0 radical (unpaired) electrons. The van der Waals surface area contributed by atoms with Crippen LogP contribution in [-0.4, -0.2) is 57.6 Å². The molecular formula is C23H30ClN3O5S. The lowest BCUT2D eigenvalue weighted by Gasteiger charge is -2.32. The average molecular weight is 496 g/mol. The van der Waals surface area contributed by atoms with E-state index >= 15 is 0 Å². The van der Waals surface area contributed by atoms with Crippen LogP contribution in [0.25, 0.3) is 0 Å². The molecule has 0 heterocycles. The first-order valence-electron chi connectivity index (χ1n) is 10.5. The summed E-state index contributed by atoms with van der Waals surface area (Å²) in [6, 6.07) is 12.6. The van der Waals surface area contributed by atoms with Gasteiger partial charge in [0.15, 0.2) is 0 Å². The van der Waals surface area contributed by atoms with Gasteiger partial charge in [-0.15, -0.1) is 0 Å². The van der Waals surface area contributed by atoms with Crippen LogP contribution in [0, 0.1) is 0 Å². The highest BCUT2D eigenvalue weighted by Gasteiger charge is 2.31. The van der Waals surface area contributed by atoms with Gasteiger partial charge in [0.1, 0.15) is 18.3 Å². The van der Waals surface area contributed by atoms with Gasteiger partial charge < -0.3 is 15.0 Å². The van der Waals surface area contributed by atoms with E-state index in [4.69, 9.17) is 16.3 Å². The van der Waals surface area contributed by atoms with Gasteiger partial charge in [-0.05, 0) is 43.2 Å². The second-order valence-electron chi connectivity index (χ2n) is 7.44. The highest BCUT2D eigenvalue weighted by Crippen LogP contribution is 2.24. The van der Waals surface area contributed by atoms with Crippen molar-refractivity contribution < 1.29 is 22.7 Å². The minimum absolute atomic E-state index is 0.126. The Balaban J connectivity index is 2.43. The van der Waals surface area contributed by atoms with E-state index in [0.29, 0.717) is 29.4 Å². The summed E-state index contributed by atoms with van der Waals surface area (Å²) in [4.78, 5) is 27.6. The molecular weight excluding hydrogens is 466 g/mol. The second kappa shape index (κ2) is 11.9. The number of carbonyl (C=O) groups is 2. The topological polar surface area (TPSA) is 96.0 Å². The van der Waals surface area contributed by atoms with Crippen molar-refractivity contribution in [3.8, 4) is 5.75 Å². The normalized spacial score (nSPS) is 12.0. The summed E-state index contributed by atoms with van der Waals surface area (Å²) < 4.78 is 31.4. The molecule has 10 heteroatoms. The maximum atomic E-state index is 13.5. The van der Waals surface area contributed by atoms with Gasteiger partial charge in [0.25, 0.3) is 0 Å². The Hall–Kier alpha value is -2.78. The average Bonchev–Trinajstić information content (AvgIpc) is 2.78. The van der Waals surface area contributed by atoms with Crippen molar-refractivity contribution in [1.82, 2.24) is 10.2 Å². The van der Waals surface area contributed by atoms with Crippen LogP contribution in [-0.2, 0) is 26.2 Å². The minimum Gasteiger partial charge on any atom is -0.497 e. The van der Waals surface area contributed by atoms with Crippen molar-refractivity contribution >= 4 is 39.1 Å². The molecule has 2 aromatic carbocycles. The number of ether oxygens (including phenoxy) is 1. The third-order valence-corrected chi connectivity index (χ3v) is 6.42. The molecule has 2 rings (SSSR count). The van der Waals surface area contributed by atoms with Gasteiger partial charge in [-0.3, -0.25) is 13.9 Å². The molecule has 33 heavy (non-hydrogen) atoms. The summed E-state index contributed by atoms with van der Waals surface area (Å²) >= 11 is 5.98. The van der Waals surface area contributed by atoms with E-state index in [2.05, 4.69) is 5.32 Å². The Kier molecular flexibility index (Phi) is 9.55. The summed E-state index contributed by atoms with van der Waals surface area (Å²) in [5.41, 5.74) is 1.06. The minimum atomic E-state index is -3.80. The lowest BCUT2D eigenvalue weighted by molar-refractivity contribution is -0.140. The van der Waals surface area contributed by atoms with E-state index in [1.54, 1.807) is 62.4 Å². The lowest BCUT2D eigenvalue weighted by atomic mass is 10.1. The number of rotatable bonds is 11. The van der Waals surface area contributed by atoms with Crippen LogP contribution >= 0.6 is 11.6 Å². The molecule has 0 unspecified atom stereocenters.